The number of rotatable bonds is 7. The predicted octanol–water partition coefficient (Wildman–Crippen LogP) is 1.27. The number of anilines is 1. The van der Waals surface area contributed by atoms with Gasteiger partial charge in [-0.15, -0.1) is 0 Å². The van der Waals surface area contributed by atoms with E-state index in [1.807, 2.05) is 24.3 Å². The van der Waals surface area contributed by atoms with E-state index in [-0.39, 0.29) is 18.2 Å². The van der Waals surface area contributed by atoms with Crippen molar-refractivity contribution < 1.29 is 19.1 Å². The van der Waals surface area contributed by atoms with E-state index in [0.29, 0.717) is 19.8 Å². The molecule has 0 bridgehead atoms. The molecule has 21 heavy (non-hydrogen) atoms. The molecule has 1 aliphatic heterocycles. The van der Waals surface area contributed by atoms with Crippen LogP contribution in [0.3, 0.4) is 0 Å². The van der Waals surface area contributed by atoms with E-state index in [1.54, 1.807) is 14.0 Å². The van der Waals surface area contributed by atoms with Gasteiger partial charge in [-0.2, -0.15) is 0 Å². The molecule has 1 aliphatic rings. The molecule has 1 fully saturated rings. The van der Waals surface area contributed by atoms with Crippen molar-refractivity contribution in [2.75, 3.05) is 32.2 Å². The first-order valence-corrected chi connectivity index (χ1v) is 6.98. The fraction of sp³-hybridized carbons (Fsp3) is 0.467. The van der Waals surface area contributed by atoms with Crippen LogP contribution in [0.1, 0.15) is 13.3 Å². The lowest BCUT2D eigenvalue weighted by Crippen LogP contribution is -2.34. The fourth-order valence-electron chi connectivity index (χ4n) is 2.22. The zero-order chi connectivity index (χ0) is 15.2. The van der Waals surface area contributed by atoms with Crippen molar-refractivity contribution in [1.82, 2.24) is 4.90 Å². The second-order valence-corrected chi connectivity index (χ2v) is 4.74. The Bertz CT molecular complexity index is 501. The summed E-state index contributed by atoms with van der Waals surface area (Å²) in [5.74, 6) is 0.448. The van der Waals surface area contributed by atoms with Crippen LogP contribution in [-0.2, 0) is 14.3 Å². The largest absolute Gasteiger partial charge is 0.491 e. The van der Waals surface area contributed by atoms with Gasteiger partial charge >= 0.3 is 0 Å². The van der Waals surface area contributed by atoms with Crippen LogP contribution in [0.2, 0.25) is 0 Å². The SMILES string of the molecule is CCN1C(=O)C[C@H](Nc2ccc(OCCOC)cc2)C1=O. The maximum Gasteiger partial charge on any atom is 0.252 e. The number of amides is 2. The van der Waals surface area contributed by atoms with Crippen LogP contribution in [0, 0.1) is 0 Å². The van der Waals surface area contributed by atoms with E-state index in [1.165, 1.54) is 4.90 Å². The Morgan fingerprint density at radius 3 is 2.52 bits per heavy atom. The van der Waals surface area contributed by atoms with E-state index in [2.05, 4.69) is 5.32 Å². The number of carbonyl (C=O) groups is 2. The zero-order valence-corrected chi connectivity index (χ0v) is 12.3. The molecule has 1 heterocycles. The van der Waals surface area contributed by atoms with Crippen molar-refractivity contribution in [1.29, 1.82) is 0 Å². The molecule has 1 saturated heterocycles. The van der Waals surface area contributed by atoms with E-state index >= 15 is 0 Å². The molecule has 0 saturated carbocycles. The summed E-state index contributed by atoms with van der Waals surface area (Å²) in [7, 11) is 1.62. The Kier molecular flexibility index (Phi) is 5.16. The number of nitrogens with one attached hydrogen (secondary N) is 1. The number of carbonyl (C=O) groups excluding carboxylic acids is 2. The molecule has 2 rings (SSSR count). The summed E-state index contributed by atoms with van der Waals surface area (Å²) in [6.45, 7) is 3.24. The molecule has 6 nitrogen and oxygen atoms in total. The molecular weight excluding hydrogens is 272 g/mol. The van der Waals surface area contributed by atoms with Crippen molar-refractivity contribution in [2.24, 2.45) is 0 Å². The minimum atomic E-state index is -0.474. The average molecular weight is 292 g/mol. The Hall–Kier alpha value is -2.08. The van der Waals surface area contributed by atoms with Gasteiger partial charge < -0.3 is 14.8 Å². The topological polar surface area (TPSA) is 67.9 Å². The molecule has 6 heteroatoms. The van der Waals surface area contributed by atoms with Gasteiger partial charge in [0.1, 0.15) is 18.4 Å². The highest BCUT2D eigenvalue weighted by molar-refractivity contribution is 6.06. The maximum absolute atomic E-state index is 12.0. The number of likely N-dealkylation sites (tertiary alicyclic amines) is 1. The predicted molar refractivity (Wildman–Crippen MR) is 78.2 cm³/mol. The Morgan fingerprint density at radius 2 is 1.95 bits per heavy atom. The van der Waals surface area contributed by atoms with Gasteiger partial charge in [0, 0.05) is 19.3 Å². The highest BCUT2D eigenvalue weighted by atomic mass is 16.5. The summed E-state index contributed by atoms with van der Waals surface area (Å²) >= 11 is 0. The van der Waals surface area contributed by atoms with Crippen molar-refractivity contribution in [3.05, 3.63) is 24.3 Å². The van der Waals surface area contributed by atoms with Gasteiger partial charge in [0.25, 0.3) is 5.91 Å². The third-order valence-electron chi connectivity index (χ3n) is 3.31. The average Bonchev–Trinajstić information content (AvgIpc) is 2.75. The highest BCUT2D eigenvalue weighted by Crippen LogP contribution is 2.20. The first kappa shape index (κ1) is 15.3. The second kappa shape index (κ2) is 7.08. The standard InChI is InChI=1S/C15H20N2O4/c1-3-17-14(18)10-13(15(17)19)16-11-4-6-12(7-5-11)21-9-8-20-2/h4-7,13,16H,3,8-10H2,1-2H3/t13-/m0/s1. The van der Waals surface area contributed by atoms with Crippen molar-refractivity contribution in [3.63, 3.8) is 0 Å². The van der Waals surface area contributed by atoms with E-state index < -0.39 is 6.04 Å². The molecule has 0 unspecified atom stereocenters. The van der Waals surface area contributed by atoms with Crippen LogP contribution in [0.4, 0.5) is 5.69 Å². The first-order chi connectivity index (χ1) is 10.2. The second-order valence-electron chi connectivity index (χ2n) is 4.74. The van der Waals surface area contributed by atoms with Crippen LogP contribution in [0.15, 0.2) is 24.3 Å². The molecule has 1 aromatic carbocycles. The lowest BCUT2D eigenvalue weighted by Gasteiger charge is -2.14. The van der Waals surface area contributed by atoms with E-state index in [9.17, 15) is 9.59 Å². The van der Waals surface area contributed by atoms with Crippen LogP contribution in [-0.4, -0.2) is 49.6 Å². The Morgan fingerprint density at radius 1 is 1.24 bits per heavy atom. The van der Waals surface area contributed by atoms with Crippen LogP contribution < -0.4 is 10.1 Å². The number of hydrogen-bond acceptors (Lipinski definition) is 5. The summed E-state index contributed by atoms with van der Waals surface area (Å²) in [5.41, 5.74) is 0.790. The van der Waals surface area contributed by atoms with Crippen molar-refractivity contribution in [3.8, 4) is 5.75 Å². The molecule has 0 aromatic heterocycles. The number of hydrogen-bond donors (Lipinski definition) is 1. The fourth-order valence-corrected chi connectivity index (χ4v) is 2.22. The van der Waals surface area contributed by atoms with Gasteiger partial charge in [0.05, 0.1) is 13.0 Å². The molecule has 2 amide bonds. The summed E-state index contributed by atoms with van der Waals surface area (Å²) in [5, 5.41) is 3.09. The van der Waals surface area contributed by atoms with Gasteiger partial charge in [-0.05, 0) is 31.2 Å². The van der Waals surface area contributed by atoms with Crippen molar-refractivity contribution in [2.45, 2.75) is 19.4 Å². The summed E-state index contributed by atoms with van der Waals surface area (Å²) in [6.07, 6.45) is 0.207. The third kappa shape index (κ3) is 3.72. The normalized spacial score (nSPS) is 18.2. The Balaban J connectivity index is 1.92. The van der Waals surface area contributed by atoms with Crippen molar-refractivity contribution >= 4 is 17.5 Å². The van der Waals surface area contributed by atoms with Crippen LogP contribution in [0.25, 0.3) is 0 Å². The molecule has 1 N–H and O–H groups in total. The van der Waals surface area contributed by atoms with Gasteiger partial charge in [-0.1, -0.05) is 0 Å². The number of nitrogens with zero attached hydrogens (tertiary/aromatic N) is 1. The quantitative estimate of drug-likeness (QED) is 0.605. The van der Waals surface area contributed by atoms with Gasteiger partial charge in [0.2, 0.25) is 5.91 Å². The first-order valence-electron chi connectivity index (χ1n) is 6.98. The van der Waals surface area contributed by atoms with Gasteiger partial charge in [-0.25, -0.2) is 0 Å². The number of imide groups is 1. The monoisotopic (exact) mass is 292 g/mol. The Labute approximate surface area is 124 Å². The minimum absolute atomic E-state index is 0.125. The number of likely N-dealkylation sites (N-methyl/N-ethyl adjacent to an activating group) is 1. The maximum atomic E-state index is 12.0. The van der Waals surface area contributed by atoms with Crippen LogP contribution in [0.5, 0.6) is 5.75 Å². The molecule has 0 aliphatic carbocycles. The van der Waals surface area contributed by atoms with Gasteiger partial charge in [0.15, 0.2) is 0 Å². The molecule has 1 atom stereocenters. The zero-order valence-electron chi connectivity index (χ0n) is 12.3. The molecule has 114 valence electrons. The lowest BCUT2D eigenvalue weighted by atomic mass is 10.2. The smallest absolute Gasteiger partial charge is 0.252 e. The van der Waals surface area contributed by atoms with Crippen LogP contribution >= 0.6 is 0 Å². The molecule has 1 aromatic rings. The molecule has 0 spiro atoms. The number of ether oxygens (including phenoxy) is 2. The lowest BCUT2D eigenvalue weighted by molar-refractivity contribution is -0.138. The highest BCUT2D eigenvalue weighted by Gasteiger charge is 2.37. The summed E-state index contributed by atoms with van der Waals surface area (Å²) in [4.78, 5) is 24.9. The van der Waals surface area contributed by atoms with Gasteiger partial charge in [-0.3, -0.25) is 14.5 Å². The summed E-state index contributed by atoms with van der Waals surface area (Å²) in [6, 6.07) is 6.81. The van der Waals surface area contributed by atoms with E-state index in [0.717, 1.165) is 11.4 Å². The third-order valence-corrected chi connectivity index (χ3v) is 3.31. The number of benzene rings is 1. The minimum Gasteiger partial charge on any atom is -0.491 e. The van der Waals surface area contributed by atoms with E-state index in [4.69, 9.17) is 9.47 Å². The molecular formula is C15H20N2O4. The number of methoxy groups -OCH3 is 1. The summed E-state index contributed by atoms with van der Waals surface area (Å²) < 4.78 is 10.4. The molecule has 0 radical (unpaired) electrons.